The summed E-state index contributed by atoms with van der Waals surface area (Å²) in [6.45, 7) is 0.659. The van der Waals surface area contributed by atoms with Gasteiger partial charge in [0.15, 0.2) is 5.76 Å². The molecular weight excluding hydrogens is 369 g/mol. The Balaban J connectivity index is 1.66. The van der Waals surface area contributed by atoms with Gasteiger partial charge in [0.25, 0.3) is 0 Å². The third kappa shape index (κ3) is 4.39. The standard InChI is InChI=1S/C17H14ClF3N4O/c1-25(10-16-14(18)5-12(8-23-16)17(19,20)21)9-13-6-15(24-26-13)11-3-2-4-22-7-11/h2-8H,9-10H2,1H3. The van der Waals surface area contributed by atoms with E-state index >= 15 is 0 Å². The predicted octanol–water partition coefficient (Wildman–Crippen LogP) is 4.44. The van der Waals surface area contributed by atoms with Crippen LogP contribution in [0.4, 0.5) is 13.2 Å². The maximum Gasteiger partial charge on any atom is 0.417 e. The molecule has 0 unspecified atom stereocenters. The minimum atomic E-state index is -4.47. The van der Waals surface area contributed by atoms with Crippen LogP contribution >= 0.6 is 11.6 Å². The Morgan fingerprint density at radius 2 is 2.00 bits per heavy atom. The Morgan fingerprint density at radius 1 is 1.19 bits per heavy atom. The summed E-state index contributed by atoms with van der Waals surface area (Å²) in [5.74, 6) is 0.606. The molecule has 0 bridgehead atoms. The van der Waals surface area contributed by atoms with E-state index in [1.807, 2.05) is 11.0 Å². The number of aromatic nitrogens is 3. The summed E-state index contributed by atoms with van der Waals surface area (Å²) in [6, 6.07) is 6.33. The molecule has 0 radical (unpaired) electrons. The second kappa shape index (κ2) is 7.43. The fourth-order valence-corrected chi connectivity index (χ4v) is 2.58. The van der Waals surface area contributed by atoms with Gasteiger partial charge in [0, 0.05) is 36.8 Å². The van der Waals surface area contributed by atoms with Gasteiger partial charge >= 0.3 is 6.18 Å². The van der Waals surface area contributed by atoms with Crippen molar-refractivity contribution in [3.63, 3.8) is 0 Å². The van der Waals surface area contributed by atoms with E-state index < -0.39 is 11.7 Å². The molecular formula is C17H14ClF3N4O. The molecule has 0 amide bonds. The summed E-state index contributed by atoms with van der Waals surface area (Å²) in [5, 5.41) is 3.97. The van der Waals surface area contributed by atoms with Gasteiger partial charge in [-0.25, -0.2) is 0 Å². The van der Waals surface area contributed by atoms with Gasteiger partial charge in [-0.2, -0.15) is 13.2 Å². The lowest BCUT2D eigenvalue weighted by Crippen LogP contribution is -2.18. The number of pyridine rings is 2. The third-order valence-corrected chi connectivity index (χ3v) is 3.93. The monoisotopic (exact) mass is 382 g/mol. The number of hydrogen-bond acceptors (Lipinski definition) is 5. The number of hydrogen-bond donors (Lipinski definition) is 0. The Morgan fingerprint density at radius 3 is 2.65 bits per heavy atom. The highest BCUT2D eigenvalue weighted by molar-refractivity contribution is 6.31. The van der Waals surface area contributed by atoms with Crippen LogP contribution in [-0.4, -0.2) is 27.1 Å². The lowest BCUT2D eigenvalue weighted by Gasteiger charge is -2.16. The van der Waals surface area contributed by atoms with Crippen molar-refractivity contribution < 1.29 is 17.7 Å². The zero-order chi connectivity index (χ0) is 18.7. The van der Waals surface area contributed by atoms with Crippen molar-refractivity contribution in [3.8, 4) is 11.3 Å². The average molecular weight is 383 g/mol. The van der Waals surface area contributed by atoms with E-state index in [0.29, 0.717) is 23.7 Å². The second-order valence-electron chi connectivity index (χ2n) is 5.74. The van der Waals surface area contributed by atoms with Gasteiger partial charge in [-0.1, -0.05) is 16.8 Å². The first-order chi connectivity index (χ1) is 12.3. The highest BCUT2D eigenvalue weighted by atomic mass is 35.5. The molecule has 0 saturated heterocycles. The van der Waals surface area contributed by atoms with Crippen LogP contribution in [0, 0.1) is 0 Å². The van der Waals surface area contributed by atoms with Gasteiger partial charge in [0.05, 0.1) is 22.8 Å². The summed E-state index contributed by atoms with van der Waals surface area (Å²) in [4.78, 5) is 9.67. The molecule has 0 fully saturated rings. The van der Waals surface area contributed by atoms with E-state index in [-0.39, 0.29) is 11.6 Å². The smallest absolute Gasteiger partial charge is 0.359 e. The lowest BCUT2D eigenvalue weighted by atomic mass is 10.2. The summed E-state index contributed by atoms with van der Waals surface area (Å²) in [5.41, 5.74) is 0.976. The van der Waals surface area contributed by atoms with Gasteiger partial charge in [-0.15, -0.1) is 0 Å². The third-order valence-electron chi connectivity index (χ3n) is 3.61. The maximum atomic E-state index is 12.7. The molecule has 0 saturated carbocycles. The zero-order valence-corrected chi connectivity index (χ0v) is 14.4. The molecule has 0 spiro atoms. The topological polar surface area (TPSA) is 55.1 Å². The zero-order valence-electron chi connectivity index (χ0n) is 13.7. The van der Waals surface area contributed by atoms with Gasteiger partial charge in [0.2, 0.25) is 0 Å². The second-order valence-corrected chi connectivity index (χ2v) is 6.15. The van der Waals surface area contributed by atoms with Crippen molar-refractivity contribution in [3.05, 3.63) is 64.9 Å². The fraction of sp³-hybridized carbons (Fsp3) is 0.235. The highest BCUT2D eigenvalue weighted by Gasteiger charge is 2.31. The first kappa shape index (κ1) is 18.3. The predicted molar refractivity (Wildman–Crippen MR) is 89.2 cm³/mol. The SMILES string of the molecule is CN(Cc1cc(-c2cccnc2)no1)Cc1ncc(C(F)(F)F)cc1Cl. The quantitative estimate of drug-likeness (QED) is 0.653. The van der Waals surface area contributed by atoms with Crippen LogP contribution in [0.1, 0.15) is 17.0 Å². The molecule has 3 aromatic heterocycles. The number of halogens is 4. The van der Waals surface area contributed by atoms with Crippen molar-refractivity contribution in [2.24, 2.45) is 0 Å². The molecule has 3 heterocycles. The lowest BCUT2D eigenvalue weighted by molar-refractivity contribution is -0.137. The molecule has 0 atom stereocenters. The average Bonchev–Trinajstić information content (AvgIpc) is 3.05. The van der Waals surface area contributed by atoms with Crippen molar-refractivity contribution in [1.82, 2.24) is 20.0 Å². The van der Waals surface area contributed by atoms with Crippen LogP contribution in [0.2, 0.25) is 5.02 Å². The normalized spacial score (nSPS) is 11.9. The van der Waals surface area contributed by atoms with E-state index in [0.717, 1.165) is 17.8 Å². The van der Waals surface area contributed by atoms with E-state index in [9.17, 15) is 13.2 Å². The Labute approximate surface area is 152 Å². The molecule has 136 valence electrons. The summed E-state index contributed by atoms with van der Waals surface area (Å²) in [6.07, 6.45) is -0.343. The van der Waals surface area contributed by atoms with Crippen LogP contribution in [0.5, 0.6) is 0 Å². The van der Waals surface area contributed by atoms with Crippen LogP contribution in [0.15, 0.2) is 47.4 Å². The molecule has 5 nitrogen and oxygen atoms in total. The maximum absolute atomic E-state index is 12.7. The summed E-state index contributed by atoms with van der Waals surface area (Å²) in [7, 11) is 1.78. The van der Waals surface area contributed by atoms with Crippen molar-refractivity contribution in [1.29, 1.82) is 0 Å². The number of rotatable bonds is 5. The molecule has 0 aliphatic rings. The molecule has 3 rings (SSSR count). The van der Waals surface area contributed by atoms with Crippen molar-refractivity contribution >= 4 is 11.6 Å². The first-order valence-corrected chi connectivity index (χ1v) is 7.97. The Hall–Kier alpha value is -2.45. The van der Waals surface area contributed by atoms with E-state index in [1.165, 1.54) is 0 Å². The van der Waals surface area contributed by atoms with Gasteiger partial charge in [0.1, 0.15) is 5.69 Å². The minimum Gasteiger partial charge on any atom is -0.359 e. The highest BCUT2D eigenvalue weighted by Crippen LogP contribution is 2.31. The molecule has 9 heteroatoms. The van der Waals surface area contributed by atoms with Crippen LogP contribution in [0.25, 0.3) is 11.3 Å². The Kier molecular flexibility index (Phi) is 5.24. The van der Waals surface area contributed by atoms with Crippen molar-refractivity contribution in [2.75, 3.05) is 7.05 Å². The number of nitrogens with zero attached hydrogens (tertiary/aromatic N) is 4. The van der Waals surface area contributed by atoms with E-state index in [4.69, 9.17) is 16.1 Å². The Bertz CT molecular complexity index is 883. The molecule has 3 aromatic rings. The van der Waals surface area contributed by atoms with Crippen LogP contribution in [0.3, 0.4) is 0 Å². The summed E-state index contributed by atoms with van der Waals surface area (Å²) < 4.78 is 43.3. The van der Waals surface area contributed by atoms with Crippen LogP contribution in [-0.2, 0) is 19.3 Å². The first-order valence-electron chi connectivity index (χ1n) is 7.59. The largest absolute Gasteiger partial charge is 0.417 e. The minimum absolute atomic E-state index is 0.0275. The molecule has 26 heavy (non-hydrogen) atoms. The molecule has 0 N–H and O–H groups in total. The molecule has 0 aliphatic heterocycles. The van der Waals surface area contributed by atoms with E-state index in [1.54, 1.807) is 31.6 Å². The molecule has 0 aromatic carbocycles. The fourth-order valence-electron chi connectivity index (χ4n) is 2.35. The molecule has 0 aliphatic carbocycles. The summed E-state index contributed by atoms with van der Waals surface area (Å²) >= 11 is 5.93. The van der Waals surface area contributed by atoms with Crippen LogP contribution < -0.4 is 0 Å². The van der Waals surface area contributed by atoms with Crippen molar-refractivity contribution in [2.45, 2.75) is 19.3 Å². The van der Waals surface area contributed by atoms with Gasteiger partial charge < -0.3 is 4.52 Å². The number of alkyl halides is 3. The van der Waals surface area contributed by atoms with Gasteiger partial charge in [-0.3, -0.25) is 14.9 Å². The van der Waals surface area contributed by atoms with Gasteiger partial charge in [-0.05, 0) is 25.2 Å². The van der Waals surface area contributed by atoms with E-state index in [2.05, 4.69) is 15.1 Å².